The third kappa shape index (κ3) is 2.93. The van der Waals surface area contributed by atoms with Crippen LogP contribution in [0.5, 0.6) is 0 Å². The zero-order valence-electron chi connectivity index (χ0n) is 16.7. The summed E-state index contributed by atoms with van der Waals surface area (Å²) >= 11 is 0. The molecule has 4 rings (SSSR count). The lowest BCUT2D eigenvalue weighted by molar-refractivity contribution is -0.117. The van der Waals surface area contributed by atoms with Crippen LogP contribution in [0.2, 0.25) is 0 Å². The van der Waals surface area contributed by atoms with Crippen molar-refractivity contribution < 1.29 is 9.59 Å². The number of hydrogen-bond acceptors (Lipinski definition) is 6. The first-order valence-electron chi connectivity index (χ1n) is 9.50. The molecule has 0 saturated carbocycles. The van der Waals surface area contributed by atoms with Crippen molar-refractivity contribution >= 4 is 17.6 Å². The maximum atomic E-state index is 13.0. The van der Waals surface area contributed by atoms with Crippen LogP contribution in [0.4, 0.5) is 5.82 Å². The lowest BCUT2D eigenvalue weighted by Crippen LogP contribution is -2.48. The number of hydrogen-bond donors (Lipinski definition) is 0. The second-order valence-electron chi connectivity index (χ2n) is 7.98. The lowest BCUT2D eigenvalue weighted by Gasteiger charge is -2.39. The SMILES string of the molecule is Cc1ncncc1C(=O)N1CCC[C@@](C)(c2nc(C)c3c(n2)N(C)C(=O)C3)C1. The van der Waals surface area contributed by atoms with Gasteiger partial charge in [0, 0.05) is 43.0 Å². The van der Waals surface area contributed by atoms with Gasteiger partial charge < -0.3 is 4.90 Å². The van der Waals surface area contributed by atoms with Crippen LogP contribution in [0.25, 0.3) is 0 Å². The Kier molecular flexibility index (Phi) is 4.36. The van der Waals surface area contributed by atoms with Gasteiger partial charge in [0.15, 0.2) is 0 Å². The van der Waals surface area contributed by atoms with Crippen LogP contribution < -0.4 is 4.90 Å². The molecular weight excluding hydrogens is 356 g/mol. The Morgan fingerprint density at radius 3 is 2.75 bits per heavy atom. The van der Waals surface area contributed by atoms with Crippen LogP contribution in [0.1, 0.15) is 52.9 Å². The van der Waals surface area contributed by atoms with E-state index in [0.717, 1.165) is 24.1 Å². The highest BCUT2D eigenvalue weighted by molar-refractivity contribution is 6.00. The molecule has 1 fully saturated rings. The number of amides is 2. The summed E-state index contributed by atoms with van der Waals surface area (Å²) in [4.78, 5) is 46.2. The van der Waals surface area contributed by atoms with E-state index in [1.165, 1.54) is 6.33 Å². The molecular formula is C20H24N6O2. The standard InChI is InChI=1S/C20H24N6O2/c1-12-15(9-21-11-22-12)18(28)26-7-5-6-20(3,10-26)19-23-13(2)14-8-16(27)25(4)17(14)24-19/h9,11H,5-8,10H2,1-4H3/t20-/m1/s1. The minimum Gasteiger partial charge on any atom is -0.338 e. The second kappa shape index (κ2) is 6.61. The van der Waals surface area contributed by atoms with Crippen molar-refractivity contribution in [1.29, 1.82) is 0 Å². The zero-order chi connectivity index (χ0) is 20.1. The molecule has 146 valence electrons. The van der Waals surface area contributed by atoms with Crippen LogP contribution in [-0.4, -0.2) is 56.8 Å². The number of aryl methyl sites for hydroxylation is 2. The van der Waals surface area contributed by atoms with Crippen LogP contribution in [0.15, 0.2) is 12.5 Å². The highest BCUT2D eigenvalue weighted by Crippen LogP contribution is 2.36. The summed E-state index contributed by atoms with van der Waals surface area (Å²) in [6.45, 7) is 7.05. The van der Waals surface area contributed by atoms with Crippen LogP contribution >= 0.6 is 0 Å². The van der Waals surface area contributed by atoms with Crippen LogP contribution in [0, 0.1) is 13.8 Å². The Hall–Kier alpha value is -2.90. The van der Waals surface area contributed by atoms with Crippen molar-refractivity contribution in [2.24, 2.45) is 0 Å². The van der Waals surface area contributed by atoms with Gasteiger partial charge in [-0.3, -0.25) is 14.5 Å². The number of likely N-dealkylation sites (N-methyl/N-ethyl adjacent to an activating group) is 1. The maximum absolute atomic E-state index is 13.0. The molecule has 4 heterocycles. The molecule has 0 radical (unpaired) electrons. The van der Waals surface area contributed by atoms with E-state index in [-0.39, 0.29) is 17.2 Å². The Labute approximate surface area is 164 Å². The minimum absolute atomic E-state index is 0.0368. The molecule has 8 heteroatoms. The van der Waals surface area contributed by atoms with Crippen molar-refractivity contribution in [3.8, 4) is 0 Å². The van der Waals surface area contributed by atoms with Gasteiger partial charge in [-0.2, -0.15) is 0 Å². The summed E-state index contributed by atoms with van der Waals surface area (Å²) in [7, 11) is 1.75. The number of aromatic nitrogens is 4. The summed E-state index contributed by atoms with van der Waals surface area (Å²) in [6.07, 6.45) is 5.13. The summed E-state index contributed by atoms with van der Waals surface area (Å²) in [6, 6.07) is 0. The van der Waals surface area contributed by atoms with Gasteiger partial charge in [-0.25, -0.2) is 19.9 Å². The number of likely N-dealkylation sites (tertiary alicyclic amines) is 1. The van der Waals surface area contributed by atoms with E-state index in [9.17, 15) is 9.59 Å². The number of carbonyl (C=O) groups excluding carboxylic acids is 2. The molecule has 0 N–H and O–H groups in total. The average Bonchev–Trinajstić information content (AvgIpc) is 2.97. The number of carbonyl (C=O) groups is 2. The van der Waals surface area contributed by atoms with Crippen LogP contribution in [-0.2, 0) is 16.6 Å². The first-order chi connectivity index (χ1) is 13.3. The lowest BCUT2D eigenvalue weighted by atomic mass is 9.80. The summed E-state index contributed by atoms with van der Waals surface area (Å²) in [5.74, 6) is 1.37. The monoisotopic (exact) mass is 380 g/mol. The molecule has 0 bridgehead atoms. The van der Waals surface area contributed by atoms with Crippen molar-refractivity contribution in [1.82, 2.24) is 24.8 Å². The number of piperidine rings is 1. The van der Waals surface area contributed by atoms with E-state index in [0.29, 0.717) is 42.4 Å². The number of rotatable bonds is 2. The van der Waals surface area contributed by atoms with E-state index in [1.807, 2.05) is 18.7 Å². The highest BCUT2D eigenvalue weighted by Gasteiger charge is 2.39. The number of fused-ring (bicyclic) bond motifs is 1. The van der Waals surface area contributed by atoms with Crippen molar-refractivity contribution in [2.75, 3.05) is 25.0 Å². The average molecular weight is 380 g/mol. The van der Waals surface area contributed by atoms with Crippen molar-refractivity contribution in [3.05, 3.63) is 40.9 Å². The molecule has 2 aromatic heterocycles. The summed E-state index contributed by atoms with van der Waals surface area (Å²) < 4.78 is 0. The quantitative estimate of drug-likeness (QED) is 0.786. The molecule has 2 aliphatic heterocycles. The predicted molar refractivity (Wildman–Crippen MR) is 103 cm³/mol. The molecule has 8 nitrogen and oxygen atoms in total. The van der Waals surface area contributed by atoms with Crippen molar-refractivity contribution in [3.63, 3.8) is 0 Å². The van der Waals surface area contributed by atoms with Crippen LogP contribution in [0.3, 0.4) is 0 Å². The van der Waals surface area contributed by atoms with Gasteiger partial charge in [0.05, 0.1) is 17.7 Å². The fourth-order valence-electron chi connectivity index (χ4n) is 4.09. The van der Waals surface area contributed by atoms with E-state index in [4.69, 9.17) is 9.97 Å². The molecule has 1 atom stereocenters. The molecule has 0 spiro atoms. The molecule has 0 aromatic carbocycles. The zero-order valence-corrected chi connectivity index (χ0v) is 16.7. The van der Waals surface area contributed by atoms with Gasteiger partial charge in [-0.05, 0) is 26.7 Å². The number of nitrogens with zero attached hydrogens (tertiary/aromatic N) is 6. The van der Waals surface area contributed by atoms with Crippen molar-refractivity contribution in [2.45, 2.75) is 45.4 Å². The predicted octanol–water partition coefficient (Wildman–Crippen LogP) is 1.60. The molecule has 1 saturated heterocycles. The molecule has 28 heavy (non-hydrogen) atoms. The van der Waals surface area contributed by atoms with Gasteiger partial charge in [-0.15, -0.1) is 0 Å². The normalized spacial score (nSPS) is 21.8. The van der Waals surface area contributed by atoms with Gasteiger partial charge in [0.25, 0.3) is 5.91 Å². The van der Waals surface area contributed by atoms with Gasteiger partial charge in [0.2, 0.25) is 5.91 Å². The second-order valence-corrected chi connectivity index (χ2v) is 7.98. The summed E-state index contributed by atoms with van der Waals surface area (Å²) in [5.41, 5.74) is 2.58. The third-order valence-corrected chi connectivity index (χ3v) is 5.88. The van der Waals surface area contributed by atoms with Gasteiger partial charge in [0.1, 0.15) is 18.0 Å². The molecule has 0 unspecified atom stereocenters. The first-order valence-corrected chi connectivity index (χ1v) is 9.50. The highest BCUT2D eigenvalue weighted by atomic mass is 16.2. The molecule has 0 aliphatic carbocycles. The smallest absolute Gasteiger partial charge is 0.257 e. The number of anilines is 1. The van der Waals surface area contributed by atoms with E-state index in [2.05, 4.69) is 16.9 Å². The first kappa shape index (κ1) is 18.5. The topological polar surface area (TPSA) is 92.2 Å². The maximum Gasteiger partial charge on any atom is 0.257 e. The Morgan fingerprint density at radius 2 is 2.00 bits per heavy atom. The fraction of sp³-hybridized carbons (Fsp3) is 0.500. The minimum atomic E-state index is -0.371. The van der Waals surface area contributed by atoms with E-state index in [1.54, 1.807) is 18.1 Å². The Morgan fingerprint density at radius 1 is 1.21 bits per heavy atom. The van der Waals surface area contributed by atoms with E-state index < -0.39 is 0 Å². The Balaban J connectivity index is 1.66. The Bertz CT molecular complexity index is 975. The fourth-order valence-corrected chi connectivity index (χ4v) is 4.09. The van der Waals surface area contributed by atoms with Gasteiger partial charge >= 0.3 is 0 Å². The summed E-state index contributed by atoms with van der Waals surface area (Å²) in [5, 5.41) is 0. The van der Waals surface area contributed by atoms with E-state index >= 15 is 0 Å². The van der Waals surface area contributed by atoms with Gasteiger partial charge in [-0.1, -0.05) is 6.92 Å². The largest absolute Gasteiger partial charge is 0.338 e. The molecule has 2 amide bonds. The molecule has 2 aliphatic rings. The molecule has 2 aromatic rings. The third-order valence-electron chi connectivity index (χ3n) is 5.88.